The molecule has 0 spiro atoms. The second kappa shape index (κ2) is 7.62. The van der Waals surface area contributed by atoms with Crippen molar-refractivity contribution in [1.29, 1.82) is 0 Å². The smallest absolute Gasteiger partial charge is 0.290 e. The molecule has 2 aliphatic heterocycles. The Labute approximate surface area is 176 Å². The van der Waals surface area contributed by atoms with Crippen LogP contribution in [-0.2, 0) is 26.0 Å². The van der Waals surface area contributed by atoms with Crippen LogP contribution >= 0.6 is 11.8 Å². The topological polar surface area (TPSA) is 110 Å². The first-order valence-corrected chi connectivity index (χ1v) is 11.5. The van der Waals surface area contributed by atoms with Gasteiger partial charge in [0.1, 0.15) is 5.75 Å². The van der Waals surface area contributed by atoms with Crippen molar-refractivity contribution in [1.82, 2.24) is 5.32 Å². The maximum atomic E-state index is 12.5. The summed E-state index contributed by atoms with van der Waals surface area (Å²) >= 11 is 0.807. The van der Waals surface area contributed by atoms with E-state index in [-0.39, 0.29) is 28.9 Å². The summed E-state index contributed by atoms with van der Waals surface area (Å²) in [5.74, 6) is -0.250. The predicted octanol–water partition coefficient (Wildman–Crippen LogP) is 2.34. The van der Waals surface area contributed by atoms with E-state index in [0.717, 1.165) is 18.0 Å². The van der Waals surface area contributed by atoms with Crippen LogP contribution in [0.25, 0.3) is 6.08 Å². The number of nitrogens with one attached hydrogen (secondary N) is 1. The quantitative estimate of drug-likeness (QED) is 0.721. The number of thioether (sulfide) groups is 1. The maximum absolute atomic E-state index is 12.5. The summed E-state index contributed by atoms with van der Waals surface area (Å²) in [6.45, 7) is 0.0261. The van der Waals surface area contributed by atoms with Crippen molar-refractivity contribution in [3.05, 3.63) is 58.5 Å². The summed E-state index contributed by atoms with van der Waals surface area (Å²) < 4.78 is 29.2. The Hall–Kier alpha value is -3.11. The van der Waals surface area contributed by atoms with Crippen LogP contribution in [0.4, 0.5) is 10.5 Å². The number of hydrogen-bond donors (Lipinski definition) is 1. The lowest BCUT2D eigenvalue weighted by molar-refractivity contribution is -0.121. The van der Waals surface area contributed by atoms with Crippen molar-refractivity contribution in [3.63, 3.8) is 0 Å². The molecule has 10 heteroatoms. The van der Waals surface area contributed by atoms with E-state index in [0.29, 0.717) is 22.6 Å². The van der Waals surface area contributed by atoms with E-state index in [1.807, 2.05) is 0 Å². The van der Waals surface area contributed by atoms with Crippen molar-refractivity contribution in [2.24, 2.45) is 0 Å². The van der Waals surface area contributed by atoms with Gasteiger partial charge in [-0.25, -0.2) is 8.42 Å². The van der Waals surface area contributed by atoms with Crippen molar-refractivity contribution in [3.8, 4) is 5.75 Å². The number of carbonyl (C=O) groups excluding carboxylic acids is 3. The number of sulfone groups is 1. The third kappa shape index (κ3) is 4.10. The van der Waals surface area contributed by atoms with Gasteiger partial charge in [0.05, 0.1) is 22.0 Å². The third-order valence-corrected chi connectivity index (χ3v) is 6.45. The average Bonchev–Trinajstić information content (AvgIpc) is 3.00. The molecular weight excluding hydrogens is 428 g/mol. The molecule has 2 aromatic carbocycles. The molecule has 1 saturated heterocycles. The van der Waals surface area contributed by atoms with E-state index in [2.05, 4.69) is 5.32 Å². The lowest BCUT2D eigenvalue weighted by atomic mass is 10.1. The molecule has 3 amide bonds. The van der Waals surface area contributed by atoms with Gasteiger partial charge in [-0.3, -0.25) is 19.7 Å². The number of imide groups is 1. The van der Waals surface area contributed by atoms with Crippen LogP contribution in [0.1, 0.15) is 11.1 Å². The molecule has 1 fully saturated rings. The number of ether oxygens (including phenoxy) is 1. The van der Waals surface area contributed by atoms with Gasteiger partial charge < -0.3 is 9.64 Å². The highest BCUT2D eigenvalue weighted by Gasteiger charge is 2.28. The maximum Gasteiger partial charge on any atom is 0.290 e. The predicted molar refractivity (Wildman–Crippen MR) is 112 cm³/mol. The first-order valence-electron chi connectivity index (χ1n) is 8.82. The third-order valence-electron chi connectivity index (χ3n) is 4.53. The van der Waals surface area contributed by atoms with Gasteiger partial charge in [-0.05, 0) is 53.2 Å². The lowest BCUT2D eigenvalue weighted by Gasteiger charge is -2.30. The Balaban J connectivity index is 1.68. The number of rotatable bonds is 4. The molecule has 30 heavy (non-hydrogen) atoms. The van der Waals surface area contributed by atoms with Crippen molar-refractivity contribution in [2.45, 2.75) is 11.4 Å². The molecular formula is C20H16N2O6S2. The van der Waals surface area contributed by atoms with Gasteiger partial charge >= 0.3 is 0 Å². The Kier molecular flexibility index (Phi) is 5.12. The summed E-state index contributed by atoms with van der Waals surface area (Å²) in [7, 11) is -3.37. The van der Waals surface area contributed by atoms with Gasteiger partial charge in [0, 0.05) is 6.26 Å². The average molecular weight is 444 g/mol. The lowest BCUT2D eigenvalue weighted by Crippen LogP contribution is -2.38. The summed E-state index contributed by atoms with van der Waals surface area (Å²) in [6.07, 6.45) is 2.69. The van der Waals surface area contributed by atoms with Crippen LogP contribution in [0.15, 0.2) is 52.3 Å². The molecule has 8 nitrogen and oxygen atoms in total. The zero-order valence-corrected chi connectivity index (χ0v) is 17.4. The highest BCUT2D eigenvalue weighted by atomic mass is 32.2. The Morgan fingerprint density at radius 3 is 2.67 bits per heavy atom. The highest BCUT2D eigenvalue weighted by molar-refractivity contribution is 8.18. The molecule has 2 heterocycles. The van der Waals surface area contributed by atoms with Gasteiger partial charge in [-0.1, -0.05) is 18.2 Å². The Bertz CT molecular complexity index is 1220. The Morgan fingerprint density at radius 1 is 1.17 bits per heavy atom. The van der Waals surface area contributed by atoms with Gasteiger partial charge in [-0.2, -0.15) is 0 Å². The molecule has 4 rings (SSSR count). The largest absolute Gasteiger partial charge is 0.482 e. The van der Waals surface area contributed by atoms with E-state index in [1.54, 1.807) is 36.4 Å². The SMILES string of the molecule is CS(=O)(=O)c1cccc(CN2C(=O)COc3ccc(C=C4SC(=O)NC4=O)cc32)c1. The van der Waals surface area contributed by atoms with Gasteiger partial charge in [0.2, 0.25) is 0 Å². The zero-order valence-electron chi connectivity index (χ0n) is 15.7. The van der Waals surface area contributed by atoms with Crippen LogP contribution in [0.3, 0.4) is 0 Å². The van der Waals surface area contributed by atoms with Gasteiger partial charge in [0.25, 0.3) is 17.1 Å². The minimum absolute atomic E-state index is 0.133. The number of anilines is 1. The van der Waals surface area contributed by atoms with Crippen LogP contribution in [0.2, 0.25) is 0 Å². The minimum Gasteiger partial charge on any atom is -0.482 e. The van der Waals surface area contributed by atoms with E-state index in [4.69, 9.17) is 4.74 Å². The van der Waals surface area contributed by atoms with Crippen molar-refractivity contribution in [2.75, 3.05) is 17.8 Å². The monoisotopic (exact) mass is 444 g/mol. The number of carbonyl (C=O) groups is 3. The van der Waals surface area contributed by atoms with Crippen LogP contribution in [-0.4, -0.2) is 38.3 Å². The first-order chi connectivity index (χ1) is 14.2. The summed E-state index contributed by atoms with van der Waals surface area (Å²) in [5, 5.41) is 1.76. The fourth-order valence-electron chi connectivity index (χ4n) is 3.11. The molecule has 0 aromatic heterocycles. The molecule has 0 bridgehead atoms. The number of benzene rings is 2. The molecule has 0 atom stereocenters. The van der Waals surface area contributed by atoms with Crippen LogP contribution in [0.5, 0.6) is 5.75 Å². The molecule has 2 aromatic rings. The van der Waals surface area contributed by atoms with Crippen LogP contribution < -0.4 is 15.0 Å². The second-order valence-electron chi connectivity index (χ2n) is 6.77. The first kappa shape index (κ1) is 20.2. The zero-order chi connectivity index (χ0) is 21.5. The molecule has 0 saturated carbocycles. The second-order valence-corrected chi connectivity index (χ2v) is 9.80. The fourth-order valence-corrected chi connectivity index (χ4v) is 4.49. The van der Waals surface area contributed by atoms with Crippen molar-refractivity contribution < 1.29 is 27.5 Å². The van der Waals surface area contributed by atoms with E-state index < -0.39 is 21.0 Å². The van der Waals surface area contributed by atoms with E-state index >= 15 is 0 Å². The molecule has 0 aliphatic carbocycles. The van der Waals surface area contributed by atoms with E-state index in [1.165, 1.54) is 17.0 Å². The van der Waals surface area contributed by atoms with E-state index in [9.17, 15) is 22.8 Å². The standard InChI is InChI=1S/C20H16N2O6S2/c1-30(26,27)14-4-2-3-13(7-14)10-22-15-8-12(5-6-16(15)28-11-18(22)23)9-17-19(24)21-20(25)29-17/h2-9H,10-11H2,1H3,(H,21,24,25). The molecule has 0 radical (unpaired) electrons. The number of hydrogen-bond acceptors (Lipinski definition) is 7. The molecule has 0 unspecified atom stereocenters. The van der Waals surface area contributed by atoms with Crippen molar-refractivity contribution >= 4 is 50.4 Å². The number of nitrogens with zero attached hydrogens (tertiary/aromatic N) is 1. The highest BCUT2D eigenvalue weighted by Crippen LogP contribution is 2.35. The minimum atomic E-state index is -3.37. The normalized spacial score (nSPS) is 17.7. The molecule has 154 valence electrons. The summed E-state index contributed by atoms with van der Waals surface area (Å²) in [5.41, 5.74) is 1.77. The Morgan fingerprint density at radius 2 is 1.97 bits per heavy atom. The summed E-state index contributed by atoms with van der Waals surface area (Å²) in [6, 6.07) is 11.5. The summed E-state index contributed by atoms with van der Waals surface area (Å²) in [4.78, 5) is 37.6. The number of fused-ring (bicyclic) bond motifs is 1. The van der Waals surface area contributed by atoms with Gasteiger partial charge in [0.15, 0.2) is 16.4 Å². The van der Waals surface area contributed by atoms with Gasteiger partial charge in [-0.15, -0.1) is 0 Å². The fraction of sp³-hybridized carbons (Fsp3) is 0.150. The van der Waals surface area contributed by atoms with Crippen LogP contribution in [0, 0.1) is 0 Å². The molecule has 1 N–H and O–H groups in total. The molecule has 2 aliphatic rings. The number of amides is 3.